The van der Waals surface area contributed by atoms with Crippen LogP contribution < -0.4 is 16.4 Å². The van der Waals surface area contributed by atoms with Gasteiger partial charge in [-0.2, -0.15) is 23.5 Å². The molecule has 31 heavy (non-hydrogen) atoms. The number of carboxylic acids is 1. The van der Waals surface area contributed by atoms with Crippen LogP contribution in [0.5, 0.6) is 0 Å². The lowest BCUT2D eigenvalue weighted by Gasteiger charge is -2.29. The van der Waals surface area contributed by atoms with E-state index in [4.69, 9.17) is 5.73 Å². The summed E-state index contributed by atoms with van der Waals surface area (Å²) in [5, 5.41) is 24.2. The highest BCUT2D eigenvalue weighted by molar-refractivity contribution is 7.98. The van der Waals surface area contributed by atoms with Crippen LogP contribution in [-0.4, -0.2) is 99.6 Å². The molecule has 1 rings (SSSR count). The molecule has 12 heteroatoms. The molecule has 0 aromatic carbocycles. The van der Waals surface area contributed by atoms with E-state index in [1.54, 1.807) is 11.8 Å². The zero-order valence-electron chi connectivity index (χ0n) is 18.2. The Bertz CT molecular complexity index is 637. The van der Waals surface area contributed by atoms with E-state index in [9.17, 15) is 29.4 Å². The summed E-state index contributed by atoms with van der Waals surface area (Å²) in [5.41, 5.74) is 5.97. The van der Waals surface area contributed by atoms with E-state index in [0.29, 0.717) is 31.6 Å². The summed E-state index contributed by atoms with van der Waals surface area (Å²) in [7, 11) is 0. The van der Waals surface area contributed by atoms with Crippen molar-refractivity contribution >= 4 is 47.2 Å². The normalized spacial score (nSPS) is 19.9. The predicted molar refractivity (Wildman–Crippen MR) is 122 cm³/mol. The maximum atomic E-state index is 12.8. The molecule has 0 aromatic rings. The zero-order chi connectivity index (χ0) is 23.6. The first-order valence-electron chi connectivity index (χ1n) is 10.2. The third-order valence-electron chi connectivity index (χ3n) is 5.08. The van der Waals surface area contributed by atoms with Crippen LogP contribution in [-0.2, 0) is 19.2 Å². The molecule has 0 saturated carbocycles. The molecule has 0 spiro atoms. The molecule has 1 saturated heterocycles. The number of nitrogens with one attached hydrogen (secondary N) is 2. The summed E-state index contributed by atoms with van der Waals surface area (Å²) in [6, 6.07) is -3.96. The van der Waals surface area contributed by atoms with Gasteiger partial charge >= 0.3 is 5.97 Å². The van der Waals surface area contributed by atoms with E-state index in [1.807, 2.05) is 12.5 Å². The molecule has 5 unspecified atom stereocenters. The Hall–Kier alpha value is -1.50. The Labute approximate surface area is 191 Å². The summed E-state index contributed by atoms with van der Waals surface area (Å²) in [5.74, 6) is -1.61. The van der Waals surface area contributed by atoms with Gasteiger partial charge in [0, 0.05) is 6.54 Å². The van der Waals surface area contributed by atoms with E-state index < -0.39 is 48.1 Å². The molecule has 10 nitrogen and oxygen atoms in total. The van der Waals surface area contributed by atoms with Crippen molar-refractivity contribution in [2.75, 3.05) is 30.6 Å². The average Bonchev–Trinajstić information content (AvgIpc) is 3.21. The molecular weight excluding hydrogens is 444 g/mol. The number of amides is 3. The molecule has 1 heterocycles. The van der Waals surface area contributed by atoms with E-state index >= 15 is 0 Å². The molecule has 3 amide bonds. The molecule has 1 aliphatic heterocycles. The lowest BCUT2D eigenvalue weighted by molar-refractivity contribution is -0.144. The summed E-state index contributed by atoms with van der Waals surface area (Å²) in [4.78, 5) is 50.9. The number of carbonyl (C=O) groups is 4. The van der Waals surface area contributed by atoms with Crippen molar-refractivity contribution in [3.63, 3.8) is 0 Å². The molecule has 0 bridgehead atoms. The average molecular weight is 479 g/mol. The van der Waals surface area contributed by atoms with Gasteiger partial charge in [-0.25, -0.2) is 4.79 Å². The van der Waals surface area contributed by atoms with Crippen LogP contribution in [0.25, 0.3) is 0 Å². The highest BCUT2D eigenvalue weighted by Gasteiger charge is 2.38. The fourth-order valence-corrected chi connectivity index (χ4v) is 4.25. The molecule has 5 atom stereocenters. The molecule has 6 N–H and O–H groups in total. The Morgan fingerprint density at radius 1 is 1.13 bits per heavy atom. The van der Waals surface area contributed by atoms with Gasteiger partial charge in [-0.05, 0) is 56.6 Å². The van der Waals surface area contributed by atoms with Gasteiger partial charge < -0.3 is 31.5 Å². The summed E-state index contributed by atoms with van der Waals surface area (Å²) >= 11 is 3.02. The molecular formula is C19H34N4O6S2. The number of hydrogen-bond donors (Lipinski definition) is 5. The standard InChI is InChI=1S/C19H34N4O6S2/c1-11(24)15(17(26)21-13(19(28)29)7-10-31-3)22-16(25)14-5-4-8-23(14)18(27)12(20)6-9-30-2/h11-15,24H,4-10,20H2,1-3H3,(H,21,26)(H,22,25)(H,28,29). The monoisotopic (exact) mass is 478 g/mol. The quantitative estimate of drug-likeness (QED) is 0.229. The number of nitrogens with zero attached hydrogens (tertiary/aromatic N) is 1. The van der Waals surface area contributed by atoms with Crippen molar-refractivity contribution < 1.29 is 29.4 Å². The number of aliphatic hydroxyl groups excluding tert-OH is 1. The van der Waals surface area contributed by atoms with Crippen molar-refractivity contribution in [1.29, 1.82) is 0 Å². The molecule has 0 aromatic heterocycles. The van der Waals surface area contributed by atoms with E-state index in [-0.39, 0.29) is 12.3 Å². The number of hydrogen-bond acceptors (Lipinski definition) is 8. The molecule has 0 aliphatic carbocycles. The molecule has 1 fully saturated rings. The fraction of sp³-hybridized carbons (Fsp3) is 0.789. The van der Waals surface area contributed by atoms with Gasteiger partial charge in [0.1, 0.15) is 18.1 Å². The van der Waals surface area contributed by atoms with Crippen LogP contribution in [0, 0.1) is 0 Å². The van der Waals surface area contributed by atoms with Crippen molar-refractivity contribution in [3.8, 4) is 0 Å². The number of nitrogens with two attached hydrogens (primary N) is 1. The van der Waals surface area contributed by atoms with Crippen molar-refractivity contribution in [3.05, 3.63) is 0 Å². The minimum atomic E-state index is -1.34. The largest absolute Gasteiger partial charge is 0.480 e. The van der Waals surface area contributed by atoms with Gasteiger partial charge in [0.2, 0.25) is 17.7 Å². The first kappa shape index (κ1) is 27.5. The van der Waals surface area contributed by atoms with E-state index in [2.05, 4.69) is 10.6 Å². The third-order valence-corrected chi connectivity index (χ3v) is 6.36. The smallest absolute Gasteiger partial charge is 0.326 e. The topological polar surface area (TPSA) is 162 Å². The van der Waals surface area contributed by atoms with Crippen molar-refractivity contribution in [2.24, 2.45) is 5.73 Å². The van der Waals surface area contributed by atoms with Gasteiger partial charge in [0.05, 0.1) is 12.1 Å². The number of aliphatic hydroxyl groups is 1. The first-order valence-corrected chi connectivity index (χ1v) is 13.0. The number of carbonyl (C=O) groups excluding carboxylic acids is 3. The second kappa shape index (κ2) is 13.8. The van der Waals surface area contributed by atoms with Crippen LogP contribution in [0.3, 0.4) is 0 Å². The number of aliphatic carboxylic acids is 1. The summed E-state index contributed by atoms with van der Waals surface area (Å²) in [6.45, 7) is 1.73. The van der Waals surface area contributed by atoms with E-state index in [0.717, 1.165) is 5.75 Å². The molecule has 1 aliphatic rings. The van der Waals surface area contributed by atoms with Crippen LogP contribution in [0.15, 0.2) is 0 Å². The predicted octanol–water partition coefficient (Wildman–Crippen LogP) is -0.754. The number of thioether (sulfide) groups is 2. The lowest BCUT2D eigenvalue weighted by Crippen LogP contribution is -2.59. The molecule has 178 valence electrons. The third kappa shape index (κ3) is 8.51. The van der Waals surface area contributed by atoms with Crippen LogP contribution in [0.1, 0.15) is 32.6 Å². The number of likely N-dealkylation sites (tertiary alicyclic amines) is 1. The minimum Gasteiger partial charge on any atom is -0.480 e. The lowest BCUT2D eigenvalue weighted by atomic mass is 10.1. The fourth-order valence-electron chi connectivity index (χ4n) is 3.29. The van der Waals surface area contributed by atoms with Gasteiger partial charge in [-0.15, -0.1) is 0 Å². The van der Waals surface area contributed by atoms with Gasteiger partial charge in [0.25, 0.3) is 0 Å². The zero-order valence-corrected chi connectivity index (χ0v) is 19.8. The van der Waals surface area contributed by atoms with Crippen molar-refractivity contribution in [1.82, 2.24) is 15.5 Å². The summed E-state index contributed by atoms with van der Waals surface area (Å²) < 4.78 is 0. The maximum Gasteiger partial charge on any atom is 0.326 e. The Kier molecular flexibility index (Phi) is 12.3. The van der Waals surface area contributed by atoms with Crippen LogP contribution >= 0.6 is 23.5 Å². The highest BCUT2D eigenvalue weighted by Crippen LogP contribution is 2.19. The Morgan fingerprint density at radius 2 is 1.74 bits per heavy atom. The Balaban J connectivity index is 2.82. The first-order chi connectivity index (χ1) is 14.6. The second-order valence-corrected chi connectivity index (χ2v) is 9.46. The van der Waals surface area contributed by atoms with Crippen molar-refractivity contribution in [2.45, 2.75) is 62.9 Å². The van der Waals surface area contributed by atoms with E-state index in [1.165, 1.54) is 23.6 Å². The Morgan fingerprint density at radius 3 is 2.29 bits per heavy atom. The van der Waals surface area contributed by atoms with Crippen LogP contribution in [0.4, 0.5) is 0 Å². The number of rotatable bonds is 13. The highest BCUT2D eigenvalue weighted by atomic mass is 32.2. The summed E-state index contributed by atoms with van der Waals surface area (Å²) in [6.07, 6.45) is 4.24. The van der Waals surface area contributed by atoms with Crippen LogP contribution in [0.2, 0.25) is 0 Å². The SMILES string of the molecule is CSCCC(N)C(=O)N1CCCC1C(=O)NC(C(=O)NC(CCSC)C(=O)O)C(C)O. The van der Waals surface area contributed by atoms with Gasteiger partial charge in [-0.3, -0.25) is 14.4 Å². The number of carboxylic acid groups (broad SMARTS) is 1. The van der Waals surface area contributed by atoms with Gasteiger partial charge in [-0.1, -0.05) is 0 Å². The van der Waals surface area contributed by atoms with Gasteiger partial charge in [0.15, 0.2) is 0 Å². The maximum absolute atomic E-state index is 12.8. The second-order valence-electron chi connectivity index (χ2n) is 7.49. The molecule has 0 radical (unpaired) electrons. The minimum absolute atomic E-state index is 0.210.